The molecular weight excluding hydrogens is 442 g/mol. The summed E-state index contributed by atoms with van der Waals surface area (Å²) in [7, 11) is 3.23. The average Bonchev–Trinajstić information content (AvgIpc) is 3.58. The van der Waals surface area contributed by atoms with Crippen molar-refractivity contribution in [1.29, 1.82) is 0 Å². The fraction of sp³-hybridized carbons (Fsp3) is 0.250. The van der Waals surface area contributed by atoms with Crippen molar-refractivity contribution >= 4 is 5.91 Å². The summed E-state index contributed by atoms with van der Waals surface area (Å²) in [5.41, 5.74) is 4.44. The van der Waals surface area contributed by atoms with Gasteiger partial charge in [-0.2, -0.15) is 0 Å². The molecule has 4 aromatic rings. The molecule has 0 spiro atoms. The molecule has 0 bridgehead atoms. The molecule has 1 aliphatic heterocycles. The van der Waals surface area contributed by atoms with Crippen molar-refractivity contribution in [1.82, 2.24) is 15.1 Å². The van der Waals surface area contributed by atoms with Gasteiger partial charge in [0.05, 0.1) is 20.3 Å². The number of aryl methyl sites for hydroxylation is 1. The number of aromatic nitrogens is 2. The molecule has 1 amide bonds. The van der Waals surface area contributed by atoms with E-state index in [2.05, 4.69) is 10.2 Å². The van der Waals surface area contributed by atoms with Gasteiger partial charge in [-0.25, -0.2) is 0 Å². The van der Waals surface area contributed by atoms with Gasteiger partial charge in [0, 0.05) is 23.2 Å². The summed E-state index contributed by atoms with van der Waals surface area (Å²) in [4.78, 5) is 15.3. The van der Waals surface area contributed by atoms with Crippen molar-refractivity contribution in [2.24, 2.45) is 0 Å². The molecule has 1 saturated heterocycles. The molecule has 5 rings (SSSR count). The second-order valence-corrected chi connectivity index (χ2v) is 8.63. The molecular formula is C28H27N3O4. The van der Waals surface area contributed by atoms with Crippen LogP contribution in [0.2, 0.25) is 0 Å². The maximum atomic E-state index is 13.4. The highest BCUT2D eigenvalue weighted by Gasteiger charge is 2.31. The molecule has 1 aromatic heterocycles. The normalized spacial score (nSPS) is 15.3. The van der Waals surface area contributed by atoms with Crippen LogP contribution in [0.3, 0.4) is 0 Å². The summed E-state index contributed by atoms with van der Waals surface area (Å²) in [6.07, 6.45) is 1.86. The Morgan fingerprint density at radius 1 is 0.914 bits per heavy atom. The third-order valence-corrected chi connectivity index (χ3v) is 6.37. The standard InChI is InChI=1S/C28H27N3O4/c1-18-6-4-7-22(16-18)27-30-29-26(35-27)19-9-11-20(12-10-19)28(32)31-15-5-8-23(31)21-13-14-24(33-2)25(17-21)34-3/h4,6-7,9-14,16-17,23H,5,8,15H2,1-3H3. The molecule has 0 saturated carbocycles. The Morgan fingerprint density at radius 2 is 1.66 bits per heavy atom. The van der Waals surface area contributed by atoms with Gasteiger partial charge in [-0.3, -0.25) is 4.79 Å². The number of benzene rings is 3. The molecule has 3 aromatic carbocycles. The molecule has 7 nitrogen and oxygen atoms in total. The van der Waals surface area contributed by atoms with Gasteiger partial charge in [-0.1, -0.05) is 23.8 Å². The SMILES string of the molecule is COc1ccc(C2CCCN2C(=O)c2ccc(-c3nnc(-c4cccc(C)c4)o3)cc2)cc1OC. The summed E-state index contributed by atoms with van der Waals surface area (Å²) >= 11 is 0. The van der Waals surface area contributed by atoms with E-state index in [1.54, 1.807) is 14.2 Å². The van der Waals surface area contributed by atoms with Crippen LogP contribution in [0.25, 0.3) is 22.9 Å². The molecule has 0 radical (unpaired) electrons. The minimum Gasteiger partial charge on any atom is -0.493 e. The largest absolute Gasteiger partial charge is 0.493 e. The van der Waals surface area contributed by atoms with Gasteiger partial charge in [0.15, 0.2) is 11.5 Å². The zero-order valence-corrected chi connectivity index (χ0v) is 20.0. The number of amides is 1. The Hall–Kier alpha value is -4.13. The topological polar surface area (TPSA) is 77.7 Å². The molecule has 1 atom stereocenters. The first-order chi connectivity index (χ1) is 17.1. The lowest BCUT2D eigenvalue weighted by Crippen LogP contribution is -2.30. The van der Waals surface area contributed by atoms with Gasteiger partial charge < -0.3 is 18.8 Å². The Morgan fingerprint density at radius 3 is 2.37 bits per heavy atom. The van der Waals surface area contributed by atoms with E-state index in [1.807, 2.05) is 78.6 Å². The zero-order chi connectivity index (χ0) is 24.4. The molecule has 178 valence electrons. The van der Waals surface area contributed by atoms with Crippen LogP contribution in [0.1, 0.15) is 40.4 Å². The van der Waals surface area contributed by atoms with Gasteiger partial charge in [0.2, 0.25) is 11.8 Å². The van der Waals surface area contributed by atoms with Crippen LogP contribution in [0.5, 0.6) is 11.5 Å². The molecule has 1 unspecified atom stereocenters. The summed E-state index contributed by atoms with van der Waals surface area (Å²) < 4.78 is 16.7. The van der Waals surface area contributed by atoms with E-state index in [4.69, 9.17) is 13.9 Å². The van der Waals surface area contributed by atoms with Crippen molar-refractivity contribution in [3.63, 3.8) is 0 Å². The van der Waals surface area contributed by atoms with Crippen molar-refractivity contribution in [2.75, 3.05) is 20.8 Å². The number of likely N-dealkylation sites (tertiary alicyclic amines) is 1. The first-order valence-corrected chi connectivity index (χ1v) is 11.6. The van der Waals surface area contributed by atoms with Crippen LogP contribution >= 0.6 is 0 Å². The molecule has 0 aliphatic carbocycles. The fourth-order valence-electron chi connectivity index (χ4n) is 4.57. The highest BCUT2D eigenvalue weighted by atomic mass is 16.5. The third kappa shape index (κ3) is 4.49. The van der Waals surface area contributed by atoms with E-state index in [9.17, 15) is 4.79 Å². The lowest BCUT2D eigenvalue weighted by Gasteiger charge is -2.26. The van der Waals surface area contributed by atoms with Gasteiger partial charge in [0.1, 0.15) is 0 Å². The predicted molar refractivity (Wildman–Crippen MR) is 132 cm³/mol. The number of hydrogen-bond donors (Lipinski definition) is 0. The van der Waals surface area contributed by atoms with Crippen molar-refractivity contribution in [3.05, 3.63) is 83.4 Å². The lowest BCUT2D eigenvalue weighted by molar-refractivity contribution is 0.0735. The van der Waals surface area contributed by atoms with E-state index in [0.717, 1.165) is 35.1 Å². The van der Waals surface area contributed by atoms with Crippen molar-refractivity contribution in [3.8, 4) is 34.4 Å². The van der Waals surface area contributed by atoms with Gasteiger partial charge >= 0.3 is 0 Å². The maximum Gasteiger partial charge on any atom is 0.254 e. The summed E-state index contributed by atoms with van der Waals surface area (Å²) in [6.45, 7) is 2.73. The first-order valence-electron chi connectivity index (χ1n) is 11.6. The number of ether oxygens (including phenoxy) is 2. The first kappa shape index (κ1) is 22.7. The molecule has 35 heavy (non-hydrogen) atoms. The Labute approximate surface area is 204 Å². The minimum absolute atomic E-state index is 0.000172. The van der Waals surface area contributed by atoms with Crippen molar-refractivity contribution < 1.29 is 18.7 Å². The number of rotatable bonds is 6. The summed E-state index contributed by atoms with van der Waals surface area (Å²) in [5.74, 6) is 2.23. The van der Waals surface area contributed by atoms with Crippen LogP contribution in [-0.4, -0.2) is 41.8 Å². The Balaban J connectivity index is 1.34. The van der Waals surface area contributed by atoms with E-state index < -0.39 is 0 Å². The third-order valence-electron chi connectivity index (χ3n) is 6.37. The average molecular weight is 470 g/mol. The predicted octanol–water partition coefficient (Wildman–Crippen LogP) is 5.71. The Kier molecular flexibility index (Phi) is 6.23. The van der Waals surface area contributed by atoms with Crippen LogP contribution < -0.4 is 9.47 Å². The summed E-state index contributed by atoms with van der Waals surface area (Å²) in [6, 6.07) is 21.1. The molecule has 7 heteroatoms. The molecule has 0 N–H and O–H groups in total. The monoisotopic (exact) mass is 469 g/mol. The van der Waals surface area contributed by atoms with E-state index in [-0.39, 0.29) is 11.9 Å². The minimum atomic E-state index is -0.00481. The van der Waals surface area contributed by atoms with E-state index in [0.29, 0.717) is 35.4 Å². The molecule has 1 aliphatic rings. The highest BCUT2D eigenvalue weighted by molar-refractivity contribution is 5.95. The van der Waals surface area contributed by atoms with E-state index >= 15 is 0 Å². The second kappa shape index (κ2) is 9.62. The lowest BCUT2D eigenvalue weighted by atomic mass is 10.0. The van der Waals surface area contributed by atoms with Gasteiger partial charge in [-0.15, -0.1) is 10.2 Å². The van der Waals surface area contributed by atoms with Crippen molar-refractivity contribution in [2.45, 2.75) is 25.8 Å². The zero-order valence-electron chi connectivity index (χ0n) is 20.0. The number of carbonyl (C=O) groups excluding carboxylic acids is 1. The number of carbonyl (C=O) groups is 1. The molecule has 2 heterocycles. The van der Waals surface area contributed by atoms with E-state index in [1.165, 1.54) is 0 Å². The van der Waals surface area contributed by atoms with Crippen LogP contribution in [0.4, 0.5) is 0 Å². The number of hydrogen-bond acceptors (Lipinski definition) is 6. The van der Waals surface area contributed by atoms with Gasteiger partial charge in [-0.05, 0) is 73.9 Å². The number of methoxy groups -OCH3 is 2. The quantitative estimate of drug-likeness (QED) is 0.360. The summed E-state index contributed by atoms with van der Waals surface area (Å²) in [5, 5.41) is 8.38. The fourth-order valence-corrected chi connectivity index (χ4v) is 4.57. The smallest absolute Gasteiger partial charge is 0.254 e. The van der Waals surface area contributed by atoms with Crippen LogP contribution in [0.15, 0.2) is 71.1 Å². The number of nitrogens with zero attached hydrogens (tertiary/aromatic N) is 3. The highest BCUT2D eigenvalue weighted by Crippen LogP contribution is 2.37. The molecule has 1 fully saturated rings. The van der Waals surface area contributed by atoms with Crippen LogP contribution in [-0.2, 0) is 0 Å². The van der Waals surface area contributed by atoms with Gasteiger partial charge in [0.25, 0.3) is 5.91 Å². The van der Waals surface area contributed by atoms with Crippen LogP contribution in [0, 0.1) is 6.92 Å². The second-order valence-electron chi connectivity index (χ2n) is 8.63. The Bertz CT molecular complexity index is 1350. The maximum absolute atomic E-state index is 13.4.